The molecule has 0 fully saturated rings. The van der Waals surface area contributed by atoms with Gasteiger partial charge in [-0.05, 0) is 169 Å². The van der Waals surface area contributed by atoms with Crippen molar-refractivity contribution in [1.29, 1.82) is 0 Å². The van der Waals surface area contributed by atoms with E-state index in [0.29, 0.717) is 12.2 Å². The molecule has 0 spiro atoms. The summed E-state index contributed by atoms with van der Waals surface area (Å²) < 4.78 is 5.43. The van der Waals surface area contributed by atoms with Gasteiger partial charge < -0.3 is 20.1 Å². The Balaban J connectivity index is 0.000000490. The smallest absolute Gasteiger partial charge is 0.122 e. The van der Waals surface area contributed by atoms with Gasteiger partial charge in [0.05, 0.1) is 7.11 Å². The zero-order chi connectivity index (χ0) is 36.9. The van der Waals surface area contributed by atoms with E-state index >= 15 is 0 Å². The summed E-state index contributed by atoms with van der Waals surface area (Å²) in [6.45, 7) is 21.1. The molecule has 2 rings (SSSR count). The second-order valence-electron chi connectivity index (χ2n) is 13.9. The first-order valence-electron chi connectivity index (χ1n) is 17.9. The second kappa shape index (κ2) is 23.4. The summed E-state index contributed by atoms with van der Waals surface area (Å²) in [5.41, 5.74) is 11.9. The van der Waals surface area contributed by atoms with Gasteiger partial charge in [0.25, 0.3) is 0 Å². The highest BCUT2D eigenvalue weighted by molar-refractivity contribution is 5.49. The van der Waals surface area contributed by atoms with Crippen LogP contribution < -0.4 is 4.74 Å². The highest BCUT2D eigenvalue weighted by atomic mass is 16.5. The summed E-state index contributed by atoms with van der Waals surface area (Å²) in [5.74, 6) is 1.67. The number of ether oxygens (including phenoxy) is 1. The summed E-state index contributed by atoms with van der Waals surface area (Å²) in [5, 5.41) is 29.6. The Kier molecular flexibility index (Phi) is 20.6. The highest BCUT2D eigenvalue weighted by Gasteiger charge is 2.09. The fraction of sp³-hybridized carbons (Fsp3) is 0.467. The van der Waals surface area contributed by atoms with Crippen molar-refractivity contribution in [3.63, 3.8) is 0 Å². The maximum absolute atomic E-state index is 9.94. The van der Waals surface area contributed by atoms with Crippen LogP contribution in [0.3, 0.4) is 0 Å². The van der Waals surface area contributed by atoms with Gasteiger partial charge in [-0.1, -0.05) is 69.9 Å². The van der Waals surface area contributed by atoms with E-state index in [1.54, 1.807) is 19.2 Å². The number of hydrogen-bond acceptors (Lipinski definition) is 4. The number of allylic oxidation sites excluding steroid dienone is 12. The Morgan fingerprint density at radius 2 is 0.837 bits per heavy atom. The Bertz CT molecular complexity index is 1500. The number of rotatable bonds is 17. The predicted octanol–water partition coefficient (Wildman–Crippen LogP) is 13.0. The minimum atomic E-state index is 0.240. The fourth-order valence-corrected chi connectivity index (χ4v) is 5.38. The van der Waals surface area contributed by atoms with Gasteiger partial charge in [-0.25, -0.2) is 0 Å². The van der Waals surface area contributed by atoms with Crippen molar-refractivity contribution in [2.45, 2.75) is 133 Å². The van der Waals surface area contributed by atoms with E-state index in [-0.39, 0.29) is 11.5 Å². The van der Waals surface area contributed by atoms with Crippen molar-refractivity contribution < 1.29 is 20.1 Å². The van der Waals surface area contributed by atoms with Crippen LogP contribution >= 0.6 is 0 Å². The van der Waals surface area contributed by atoms with E-state index in [9.17, 15) is 15.3 Å². The Labute approximate surface area is 299 Å². The van der Waals surface area contributed by atoms with Crippen LogP contribution in [0.15, 0.2) is 94.2 Å². The van der Waals surface area contributed by atoms with Gasteiger partial charge in [0.15, 0.2) is 0 Å². The first kappa shape index (κ1) is 43.1. The Morgan fingerprint density at radius 3 is 1.27 bits per heavy atom. The predicted molar refractivity (Wildman–Crippen MR) is 212 cm³/mol. The molecule has 0 heterocycles. The average molecular weight is 671 g/mol. The van der Waals surface area contributed by atoms with Crippen LogP contribution in [0.4, 0.5) is 0 Å². The fourth-order valence-electron chi connectivity index (χ4n) is 5.38. The quantitative estimate of drug-likeness (QED) is 0.116. The normalized spacial score (nSPS) is 12.3. The number of methoxy groups -OCH3 is 1. The molecule has 0 radical (unpaired) electrons. The van der Waals surface area contributed by atoms with E-state index < -0.39 is 0 Å². The lowest BCUT2D eigenvalue weighted by Gasteiger charge is -2.12. The first-order chi connectivity index (χ1) is 23.2. The molecule has 0 aliphatic rings. The molecule has 0 aliphatic carbocycles. The van der Waals surface area contributed by atoms with Gasteiger partial charge in [-0.3, -0.25) is 0 Å². The number of phenols is 3. The van der Waals surface area contributed by atoms with E-state index in [1.165, 1.54) is 39.5 Å². The van der Waals surface area contributed by atoms with Crippen LogP contribution in [0, 0.1) is 13.8 Å². The van der Waals surface area contributed by atoms with E-state index in [1.807, 2.05) is 19.9 Å². The molecule has 4 nitrogen and oxygen atoms in total. The van der Waals surface area contributed by atoms with Crippen molar-refractivity contribution in [2.24, 2.45) is 0 Å². The summed E-state index contributed by atoms with van der Waals surface area (Å²) in [7, 11) is 1.68. The second-order valence-corrected chi connectivity index (χ2v) is 13.9. The van der Waals surface area contributed by atoms with Crippen LogP contribution in [0.25, 0.3) is 0 Å². The maximum Gasteiger partial charge on any atom is 0.122 e. The third-order valence-corrected chi connectivity index (χ3v) is 8.85. The zero-order valence-electron chi connectivity index (χ0n) is 32.6. The molecule has 270 valence electrons. The summed E-state index contributed by atoms with van der Waals surface area (Å²) >= 11 is 0. The van der Waals surface area contributed by atoms with Crippen LogP contribution in [-0.4, -0.2) is 22.4 Å². The molecule has 0 unspecified atom stereocenters. The van der Waals surface area contributed by atoms with Crippen LogP contribution in [0.5, 0.6) is 23.0 Å². The summed E-state index contributed by atoms with van der Waals surface area (Å²) in [4.78, 5) is 0. The molecular weight excluding hydrogens is 604 g/mol. The molecule has 0 bridgehead atoms. The molecule has 0 atom stereocenters. The van der Waals surface area contributed by atoms with Crippen molar-refractivity contribution in [3.05, 3.63) is 116 Å². The molecule has 0 aliphatic heterocycles. The average Bonchev–Trinajstić information content (AvgIpc) is 3.03. The van der Waals surface area contributed by atoms with Crippen molar-refractivity contribution in [1.82, 2.24) is 0 Å². The van der Waals surface area contributed by atoms with E-state index in [4.69, 9.17) is 4.74 Å². The lowest BCUT2D eigenvalue weighted by atomic mass is 10.0. The van der Waals surface area contributed by atoms with E-state index in [0.717, 1.165) is 85.8 Å². The van der Waals surface area contributed by atoms with Crippen LogP contribution in [-0.2, 0) is 12.8 Å². The molecule has 49 heavy (non-hydrogen) atoms. The molecule has 3 N–H and O–H groups in total. The Hall–Kier alpha value is -3.92. The van der Waals surface area contributed by atoms with Gasteiger partial charge in [0.1, 0.15) is 23.0 Å². The SMILES string of the molecule is CC(C)=CCC/C(C)=C/CC/C(C)=C/Cc1c(O)ccc(O)c1C.COc1ccc(O)c(C)c1C/C=C(\C)CC/C=C(\C)CCC=C(C)C. The highest BCUT2D eigenvalue weighted by Crippen LogP contribution is 2.31. The minimum Gasteiger partial charge on any atom is -0.508 e. The number of benzene rings is 2. The Morgan fingerprint density at radius 1 is 0.490 bits per heavy atom. The minimum absolute atomic E-state index is 0.240. The third-order valence-electron chi connectivity index (χ3n) is 8.85. The van der Waals surface area contributed by atoms with Crippen LogP contribution in [0.2, 0.25) is 0 Å². The van der Waals surface area contributed by atoms with Gasteiger partial charge >= 0.3 is 0 Å². The van der Waals surface area contributed by atoms with E-state index in [2.05, 4.69) is 91.8 Å². The monoisotopic (exact) mass is 670 g/mol. The van der Waals surface area contributed by atoms with Gasteiger partial charge in [0, 0.05) is 11.1 Å². The zero-order valence-corrected chi connectivity index (χ0v) is 32.6. The van der Waals surface area contributed by atoms with Crippen LogP contribution in [0.1, 0.15) is 129 Å². The summed E-state index contributed by atoms with van der Waals surface area (Å²) in [6, 6.07) is 6.61. The molecule has 0 amide bonds. The molecule has 4 heteroatoms. The number of hydrogen-bond donors (Lipinski definition) is 3. The van der Waals surface area contributed by atoms with Gasteiger partial charge in [0.2, 0.25) is 0 Å². The number of aromatic hydroxyl groups is 3. The lowest BCUT2D eigenvalue weighted by Crippen LogP contribution is -1.95. The van der Waals surface area contributed by atoms with Crippen molar-refractivity contribution >= 4 is 0 Å². The molecule has 0 aromatic heterocycles. The largest absolute Gasteiger partial charge is 0.508 e. The molecule has 0 saturated heterocycles. The summed E-state index contributed by atoms with van der Waals surface area (Å²) in [6.07, 6.45) is 23.9. The molecule has 2 aromatic rings. The molecule has 2 aromatic carbocycles. The first-order valence-corrected chi connectivity index (χ1v) is 17.9. The molecule has 0 saturated carbocycles. The van der Waals surface area contributed by atoms with Crippen molar-refractivity contribution in [3.8, 4) is 23.0 Å². The topological polar surface area (TPSA) is 69.9 Å². The number of phenolic OH excluding ortho intramolecular Hbond substituents is 3. The lowest BCUT2D eigenvalue weighted by molar-refractivity contribution is 0.406. The standard InChI is InChI=1S/C23H34O2.C22H32O2/c1-17(2)9-7-10-18(3)11-8-12-19(4)13-14-21-20(5)22(24)15-16-23(21)25-6;1-16(2)8-6-9-17(3)10-7-11-18(4)12-13-20-19(5)21(23)14-15-22(20)24/h9,11,13,15-16,24H,7-8,10,12,14H2,1-6H3;8,10,12,14-15,23-24H,6-7,9,11,13H2,1-5H3/b18-11+,19-13+;17-10+,18-12+. The van der Waals surface area contributed by atoms with Crippen molar-refractivity contribution in [2.75, 3.05) is 7.11 Å². The van der Waals surface area contributed by atoms with Gasteiger partial charge in [-0.15, -0.1) is 0 Å². The maximum atomic E-state index is 9.94. The third kappa shape index (κ3) is 17.9. The van der Waals surface area contributed by atoms with Gasteiger partial charge in [-0.2, -0.15) is 0 Å². The molecular formula is C45H66O4.